The van der Waals surface area contributed by atoms with E-state index in [-0.39, 0.29) is 13.0 Å². The summed E-state index contributed by atoms with van der Waals surface area (Å²) in [5, 5.41) is 27.2. The molecule has 3 aromatic rings. The summed E-state index contributed by atoms with van der Waals surface area (Å²) in [6.45, 7) is 0.286. The molecule has 0 unspecified atom stereocenters. The van der Waals surface area contributed by atoms with Crippen LogP contribution in [-0.4, -0.2) is 44.4 Å². The van der Waals surface area contributed by atoms with Crippen LogP contribution >= 0.6 is 0 Å². The highest BCUT2D eigenvalue weighted by molar-refractivity contribution is 6.31. The van der Waals surface area contributed by atoms with Gasteiger partial charge in [-0.3, -0.25) is 4.79 Å². The number of carboxylic acid groups (broad SMARTS) is 2. The minimum absolute atomic E-state index is 0.0650. The molecule has 1 heterocycles. The summed E-state index contributed by atoms with van der Waals surface area (Å²) >= 11 is 0. The number of carboxylic acids is 2. The van der Waals surface area contributed by atoms with Crippen LogP contribution in [0, 0.1) is 0 Å². The van der Waals surface area contributed by atoms with Crippen molar-refractivity contribution in [3.05, 3.63) is 53.6 Å². The van der Waals surface area contributed by atoms with Crippen LogP contribution in [0.25, 0.3) is 11.0 Å². The number of nitrogens with zero attached hydrogens (tertiary/aromatic N) is 2. The Hall–Kier alpha value is -3.95. The van der Waals surface area contributed by atoms with Crippen molar-refractivity contribution in [3.63, 3.8) is 0 Å². The fraction of sp³-hybridized carbons (Fsp3) is 0.167. The van der Waals surface area contributed by atoms with Gasteiger partial charge in [0.2, 0.25) is 0 Å². The van der Waals surface area contributed by atoms with Crippen molar-refractivity contribution >= 4 is 28.9 Å². The van der Waals surface area contributed by atoms with Crippen LogP contribution in [0.4, 0.5) is 0 Å². The van der Waals surface area contributed by atoms with Crippen molar-refractivity contribution in [1.82, 2.24) is 15.6 Å². The van der Waals surface area contributed by atoms with E-state index in [9.17, 15) is 14.4 Å². The van der Waals surface area contributed by atoms with E-state index >= 15 is 0 Å². The maximum absolute atomic E-state index is 11.2. The lowest BCUT2D eigenvalue weighted by molar-refractivity contribution is -0.152. The molecule has 0 aliphatic heterocycles. The first-order chi connectivity index (χ1) is 13.4. The summed E-state index contributed by atoms with van der Waals surface area (Å²) in [4.78, 5) is 33.0. The van der Waals surface area contributed by atoms with E-state index in [1.165, 1.54) is 0 Å². The molecule has 3 rings (SSSR count). The Labute approximate surface area is 157 Å². The van der Waals surface area contributed by atoms with Crippen LogP contribution in [-0.2, 0) is 27.4 Å². The quantitative estimate of drug-likeness (QED) is 0.506. The van der Waals surface area contributed by atoms with Gasteiger partial charge in [0.05, 0.1) is 0 Å². The van der Waals surface area contributed by atoms with Crippen molar-refractivity contribution in [2.24, 2.45) is 0 Å². The van der Waals surface area contributed by atoms with E-state index in [0.29, 0.717) is 22.3 Å². The van der Waals surface area contributed by atoms with Gasteiger partial charge in [0.25, 0.3) is 0 Å². The van der Waals surface area contributed by atoms with Gasteiger partial charge in [0, 0.05) is 6.42 Å². The summed E-state index contributed by atoms with van der Waals surface area (Å²) in [7, 11) is 0. The number of rotatable bonds is 7. The average Bonchev–Trinajstić information content (AvgIpc) is 3.14. The van der Waals surface area contributed by atoms with Crippen molar-refractivity contribution in [1.29, 1.82) is 0 Å². The molecule has 0 bridgehead atoms. The molecule has 28 heavy (non-hydrogen) atoms. The van der Waals surface area contributed by atoms with Crippen LogP contribution in [0.5, 0.6) is 5.75 Å². The molecule has 3 N–H and O–H groups in total. The van der Waals surface area contributed by atoms with E-state index in [4.69, 9.17) is 14.9 Å². The largest absolute Gasteiger partial charge is 0.489 e. The third kappa shape index (κ3) is 4.61. The van der Waals surface area contributed by atoms with E-state index in [2.05, 4.69) is 14.9 Å². The number of fused-ring (bicyclic) bond motifs is 1. The molecule has 0 aliphatic carbocycles. The SMILES string of the molecule is O=C(O)C(=O)N[C@H](Cc1ccc(OCc2ccc3nonc3c2)cc1)C(=O)O. The Morgan fingerprint density at radius 3 is 2.36 bits per heavy atom. The Bertz CT molecular complexity index is 1010. The van der Waals surface area contributed by atoms with Gasteiger partial charge in [-0.15, -0.1) is 0 Å². The number of carbonyl (C=O) groups is 3. The average molecular weight is 385 g/mol. The first-order valence-electron chi connectivity index (χ1n) is 8.12. The zero-order valence-electron chi connectivity index (χ0n) is 14.4. The predicted octanol–water partition coefficient (Wildman–Crippen LogP) is 0.998. The second-order valence-electron chi connectivity index (χ2n) is 5.89. The van der Waals surface area contributed by atoms with Crippen molar-refractivity contribution < 1.29 is 34.0 Å². The number of hydrogen-bond acceptors (Lipinski definition) is 7. The maximum Gasteiger partial charge on any atom is 0.394 e. The second kappa shape index (κ2) is 8.16. The smallest absolute Gasteiger partial charge is 0.394 e. The van der Waals surface area contributed by atoms with Crippen molar-refractivity contribution in [2.75, 3.05) is 0 Å². The Morgan fingerprint density at radius 2 is 1.68 bits per heavy atom. The fourth-order valence-electron chi connectivity index (χ4n) is 2.46. The number of aliphatic carboxylic acids is 2. The molecular weight excluding hydrogens is 370 g/mol. The van der Waals surface area contributed by atoms with Gasteiger partial charge in [-0.2, -0.15) is 0 Å². The summed E-state index contributed by atoms with van der Waals surface area (Å²) in [5.41, 5.74) is 2.74. The van der Waals surface area contributed by atoms with Crippen LogP contribution in [0.15, 0.2) is 47.1 Å². The highest BCUT2D eigenvalue weighted by atomic mass is 16.6. The van der Waals surface area contributed by atoms with E-state index in [0.717, 1.165) is 5.56 Å². The van der Waals surface area contributed by atoms with Crippen LogP contribution < -0.4 is 10.1 Å². The Morgan fingerprint density at radius 1 is 1.00 bits per heavy atom. The summed E-state index contributed by atoms with van der Waals surface area (Å²) in [6.07, 6.45) is -0.0650. The normalized spacial score (nSPS) is 11.7. The van der Waals surface area contributed by atoms with Crippen LogP contribution in [0.1, 0.15) is 11.1 Å². The Balaban J connectivity index is 1.59. The highest BCUT2D eigenvalue weighted by Crippen LogP contribution is 2.17. The molecule has 0 saturated carbocycles. The summed E-state index contributed by atoms with van der Waals surface area (Å²) in [6, 6.07) is 10.6. The molecule has 10 nitrogen and oxygen atoms in total. The lowest BCUT2D eigenvalue weighted by atomic mass is 10.1. The topological polar surface area (TPSA) is 152 Å². The molecule has 10 heteroatoms. The number of ether oxygens (including phenoxy) is 1. The maximum atomic E-state index is 11.2. The summed E-state index contributed by atoms with van der Waals surface area (Å²) < 4.78 is 10.3. The molecule has 0 saturated heterocycles. The third-order valence-electron chi connectivity index (χ3n) is 3.88. The second-order valence-corrected chi connectivity index (χ2v) is 5.89. The molecule has 0 radical (unpaired) electrons. The lowest BCUT2D eigenvalue weighted by Crippen LogP contribution is -2.45. The first kappa shape index (κ1) is 18.8. The lowest BCUT2D eigenvalue weighted by Gasteiger charge is -2.13. The van der Waals surface area contributed by atoms with Gasteiger partial charge in [-0.1, -0.05) is 18.2 Å². The number of carbonyl (C=O) groups excluding carboxylic acids is 1. The molecular formula is C18H15N3O7. The summed E-state index contributed by atoms with van der Waals surface area (Å²) in [5.74, 6) is -3.88. The molecule has 0 aliphatic rings. The van der Waals surface area contributed by atoms with Crippen LogP contribution in [0.2, 0.25) is 0 Å². The van der Waals surface area contributed by atoms with Crippen LogP contribution in [0.3, 0.4) is 0 Å². The van der Waals surface area contributed by atoms with Gasteiger partial charge in [0.1, 0.15) is 29.4 Å². The number of aromatic nitrogens is 2. The molecule has 1 atom stereocenters. The highest BCUT2D eigenvalue weighted by Gasteiger charge is 2.23. The minimum Gasteiger partial charge on any atom is -0.489 e. The predicted molar refractivity (Wildman–Crippen MR) is 93.5 cm³/mol. The molecule has 0 spiro atoms. The van der Waals surface area contributed by atoms with Gasteiger partial charge < -0.3 is 20.3 Å². The van der Waals surface area contributed by atoms with Gasteiger partial charge in [-0.25, -0.2) is 14.2 Å². The van der Waals surface area contributed by atoms with Crippen molar-refractivity contribution in [3.8, 4) is 5.75 Å². The number of amides is 1. The van der Waals surface area contributed by atoms with E-state index < -0.39 is 23.9 Å². The Kier molecular flexibility index (Phi) is 5.49. The molecule has 2 aromatic carbocycles. The number of benzene rings is 2. The van der Waals surface area contributed by atoms with Gasteiger partial charge in [0.15, 0.2) is 0 Å². The first-order valence-corrected chi connectivity index (χ1v) is 8.12. The molecule has 1 amide bonds. The monoisotopic (exact) mass is 385 g/mol. The number of nitrogens with one attached hydrogen (secondary N) is 1. The number of hydrogen-bond donors (Lipinski definition) is 3. The molecule has 0 fully saturated rings. The zero-order chi connectivity index (χ0) is 20.1. The molecule has 144 valence electrons. The van der Waals surface area contributed by atoms with E-state index in [1.54, 1.807) is 36.4 Å². The third-order valence-corrected chi connectivity index (χ3v) is 3.88. The fourth-order valence-corrected chi connectivity index (χ4v) is 2.46. The standard InChI is InChI=1S/C18H15N3O7/c22-16(18(25)26)19-15(17(23)24)7-10-1-4-12(5-2-10)27-9-11-3-6-13-14(8-11)21-28-20-13/h1-6,8,15H,7,9H2,(H,19,22)(H,23,24)(H,25,26)/t15-/m1/s1. The zero-order valence-corrected chi connectivity index (χ0v) is 14.4. The minimum atomic E-state index is -1.74. The van der Waals surface area contributed by atoms with E-state index in [1.807, 2.05) is 11.4 Å². The van der Waals surface area contributed by atoms with Crippen molar-refractivity contribution in [2.45, 2.75) is 19.1 Å². The molecule has 1 aromatic heterocycles. The van der Waals surface area contributed by atoms with Gasteiger partial charge in [-0.05, 0) is 45.7 Å². The van der Waals surface area contributed by atoms with Gasteiger partial charge >= 0.3 is 17.8 Å².